The van der Waals surface area contributed by atoms with Crippen LogP contribution < -0.4 is 18.9 Å². The third-order valence-corrected chi connectivity index (χ3v) is 6.62. The molecule has 0 bridgehead atoms. The molecule has 1 N–H and O–H groups in total. The summed E-state index contributed by atoms with van der Waals surface area (Å²) in [4.78, 5) is 4.28. The highest BCUT2D eigenvalue weighted by Gasteiger charge is 2.18. The van der Waals surface area contributed by atoms with Crippen LogP contribution >= 0.6 is 0 Å². The Kier molecular flexibility index (Phi) is 6.95. The van der Waals surface area contributed by atoms with Crippen LogP contribution in [0.4, 0.5) is 4.39 Å². The molecule has 34 heavy (non-hydrogen) atoms. The first-order chi connectivity index (χ1) is 16.4. The second-order valence-electron chi connectivity index (χ2n) is 7.35. The number of alkyl halides is 1. The van der Waals surface area contributed by atoms with E-state index in [0.717, 1.165) is 5.56 Å². The first-order valence-electron chi connectivity index (χ1n) is 10.4. The van der Waals surface area contributed by atoms with E-state index in [4.69, 9.17) is 14.2 Å². The minimum Gasteiger partial charge on any atom is -0.493 e. The van der Waals surface area contributed by atoms with Crippen LogP contribution in [0.25, 0.3) is 10.9 Å². The highest BCUT2D eigenvalue weighted by atomic mass is 32.2. The summed E-state index contributed by atoms with van der Waals surface area (Å²) in [6, 6.07) is 18.3. The van der Waals surface area contributed by atoms with Gasteiger partial charge in [-0.1, -0.05) is 30.3 Å². The fraction of sp³-hybridized carbons (Fsp3) is 0.160. The molecular weight excluding hydrogens is 459 g/mol. The second kappa shape index (κ2) is 10.1. The number of fused-ring (bicyclic) bond motifs is 1. The lowest BCUT2D eigenvalue weighted by Crippen LogP contribution is -2.23. The topological polar surface area (TPSA) is 86.8 Å². The Morgan fingerprint density at radius 1 is 0.882 bits per heavy atom. The van der Waals surface area contributed by atoms with Gasteiger partial charge in [0.05, 0.1) is 24.6 Å². The molecule has 0 saturated heterocycles. The summed E-state index contributed by atoms with van der Waals surface area (Å²) >= 11 is 0. The highest BCUT2D eigenvalue weighted by molar-refractivity contribution is 7.89. The molecule has 0 saturated carbocycles. The molecule has 0 atom stereocenters. The van der Waals surface area contributed by atoms with Gasteiger partial charge in [0.2, 0.25) is 10.0 Å². The van der Waals surface area contributed by atoms with Gasteiger partial charge in [0.15, 0.2) is 11.5 Å². The van der Waals surface area contributed by atoms with Crippen LogP contribution in [-0.4, -0.2) is 27.6 Å². The summed E-state index contributed by atoms with van der Waals surface area (Å²) in [5, 5.41) is 0.631. The molecule has 0 spiro atoms. The average Bonchev–Trinajstić information content (AvgIpc) is 2.87. The summed E-state index contributed by atoms with van der Waals surface area (Å²) in [5.74, 6) is 1.62. The fourth-order valence-electron chi connectivity index (χ4n) is 3.44. The van der Waals surface area contributed by atoms with E-state index in [1.54, 1.807) is 24.4 Å². The third kappa shape index (κ3) is 4.95. The molecule has 0 aliphatic rings. The molecule has 0 aliphatic carbocycles. The van der Waals surface area contributed by atoms with Crippen molar-refractivity contribution in [3.8, 4) is 23.0 Å². The van der Waals surface area contributed by atoms with E-state index < -0.39 is 16.7 Å². The number of hydrogen-bond donors (Lipinski definition) is 1. The lowest BCUT2D eigenvalue weighted by Gasteiger charge is -2.15. The van der Waals surface area contributed by atoms with Crippen molar-refractivity contribution in [3.05, 3.63) is 84.1 Å². The Morgan fingerprint density at radius 2 is 1.62 bits per heavy atom. The van der Waals surface area contributed by atoms with Crippen LogP contribution in [0.5, 0.6) is 23.0 Å². The molecular formula is C25H23FN2O5S. The Hall–Kier alpha value is -3.69. The van der Waals surface area contributed by atoms with Crippen molar-refractivity contribution >= 4 is 20.9 Å². The number of hydrogen-bond acceptors (Lipinski definition) is 6. The Balaban J connectivity index is 1.63. The molecule has 0 radical (unpaired) electrons. The number of nitrogens with one attached hydrogen (secondary N) is 1. The lowest BCUT2D eigenvalue weighted by atomic mass is 10.1. The molecule has 7 nitrogen and oxygen atoms in total. The monoisotopic (exact) mass is 482 g/mol. The van der Waals surface area contributed by atoms with E-state index in [-0.39, 0.29) is 22.8 Å². The van der Waals surface area contributed by atoms with E-state index in [9.17, 15) is 12.8 Å². The summed E-state index contributed by atoms with van der Waals surface area (Å²) in [6.45, 7) is -0.780. The maximum Gasteiger partial charge on any atom is 0.240 e. The van der Waals surface area contributed by atoms with Crippen molar-refractivity contribution in [1.82, 2.24) is 9.71 Å². The molecule has 4 rings (SSSR count). The predicted molar refractivity (Wildman–Crippen MR) is 127 cm³/mol. The zero-order chi connectivity index (χ0) is 24.1. The van der Waals surface area contributed by atoms with Crippen molar-refractivity contribution in [2.24, 2.45) is 0 Å². The standard InChI is InChI=1S/C25H23FN2O5S/c1-31-24-13-20-21(14-25(24)32-2)27-11-10-23(20)33-22-9-8-19(12-18(22)15-26)34(29,30)28-16-17-6-4-3-5-7-17/h3-14,28H,15-16H2,1-2H3. The molecule has 0 fully saturated rings. The van der Waals surface area contributed by atoms with Crippen molar-refractivity contribution in [1.29, 1.82) is 0 Å². The van der Waals surface area contributed by atoms with Gasteiger partial charge in [-0.15, -0.1) is 0 Å². The van der Waals surface area contributed by atoms with Gasteiger partial charge in [-0.25, -0.2) is 17.5 Å². The summed E-state index contributed by atoms with van der Waals surface area (Å²) in [5.41, 5.74) is 1.52. The quantitative estimate of drug-likeness (QED) is 0.362. The van der Waals surface area contributed by atoms with Crippen molar-refractivity contribution in [2.45, 2.75) is 18.1 Å². The molecule has 0 amide bonds. The number of benzene rings is 3. The molecule has 1 aromatic heterocycles. The first kappa shape index (κ1) is 23.5. The van der Waals surface area contributed by atoms with Gasteiger partial charge in [-0.05, 0) is 35.9 Å². The van der Waals surface area contributed by atoms with E-state index >= 15 is 0 Å². The van der Waals surface area contributed by atoms with Crippen LogP contribution in [0.1, 0.15) is 11.1 Å². The number of halogens is 1. The number of pyridine rings is 1. The number of aromatic nitrogens is 1. The van der Waals surface area contributed by atoms with E-state index in [1.165, 1.54) is 32.4 Å². The average molecular weight is 483 g/mol. The molecule has 0 unspecified atom stereocenters. The molecule has 1 heterocycles. The van der Waals surface area contributed by atoms with Crippen molar-refractivity contribution in [2.75, 3.05) is 14.2 Å². The number of rotatable bonds is 9. The maximum atomic E-state index is 13.9. The predicted octanol–water partition coefficient (Wildman–Crippen LogP) is 4.99. The van der Waals surface area contributed by atoms with Crippen LogP contribution in [0.15, 0.2) is 77.8 Å². The summed E-state index contributed by atoms with van der Waals surface area (Å²) in [6.07, 6.45) is 1.56. The van der Waals surface area contributed by atoms with Gasteiger partial charge in [-0.2, -0.15) is 0 Å². The Morgan fingerprint density at radius 3 is 2.32 bits per heavy atom. The minimum atomic E-state index is -3.84. The normalized spacial score (nSPS) is 11.4. The van der Waals surface area contributed by atoms with Gasteiger partial charge < -0.3 is 14.2 Å². The zero-order valence-corrected chi connectivity index (χ0v) is 19.4. The van der Waals surface area contributed by atoms with Crippen molar-refractivity contribution in [3.63, 3.8) is 0 Å². The van der Waals surface area contributed by atoms with Crippen LogP contribution in [0.2, 0.25) is 0 Å². The van der Waals surface area contributed by atoms with E-state index in [1.807, 2.05) is 30.3 Å². The first-order valence-corrected chi connectivity index (χ1v) is 11.8. The number of methoxy groups -OCH3 is 2. The number of ether oxygens (including phenoxy) is 3. The van der Waals surface area contributed by atoms with Gasteiger partial charge >= 0.3 is 0 Å². The molecule has 0 aliphatic heterocycles. The number of nitrogens with zero attached hydrogens (tertiary/aromatic N) is 1. The zero-order valence-electron chi connectivity index (χ0n) is 18.6. The Bertz CT molecular complexity index is 1410. The van der Waals surface area contributed by atoms with Gasteiger partial charge in [0, 0.05) is 29.8 Å². The Labute approximate surface area is 197 Å². The van der Waals surface area contributed by atoms with Gasteiger partial charge in [0.1, 0.15) is 18.2 Å². The largest absolute Gasteiger partial charge is 0.493 e. The van der Waals surface area contributed by atoms with E-state index in [2.05, 4.69) is 9.71 Å². The lowest BCUT2D eigenvalue weighted by molar-refractivity contribution is 0.355. The maximum absolute atomic E-state index is 13.9. The molecule has 176 valence electrons. The summed E-state index contributed by atoms with van der Waals surface area (Å²) in [7, 11) is -0.794. The SMILES string of the molecule is COc1cc2nccc(Oc3ccc(S(=O)(=O)NCc4ccccc4)cc3CF)c2cc1OC. The van der Waals surface area contributed by atoms with Gasteiger partial charge in [0.25, 0.3) is 0 Å². The van der Waals surface area contributed by atoms with Crippen LogP contribution in [0.3, 0.4) is 0 Å². The highest BCUT2D eigenvalue weighted by Crippen LogP contribution is 2.38. The number of sulfonamides is 1. The molecule has 3 aromatic carbocycles. The van der Waals surface area contributed by atoms with Gasteiger partial charge in [-0.3, -0.25) is 4.98 Å². The van der Waals surface area contributed by atoms with Crippen molar-refractivity contribution < 1.29 is 27.0 Å². The van der Waals surface area contributed by atoms with Crippen LogP contribution in [0, 0.1) is 0 Å². The summed E-state index contributed by atoms with van der Waals surface area (Å²) < 4.78 is 58.6. The molecule has 9 heteroatoms. The molecule has 4 aromatic rings. The fourth-order valence-corrected chi connectivity index (χ4v) is 4.51. The van der Waals surface area contributed by atoms with Crippen LogP contribution in [-0.2, 0) is 23.2 Å². The minimum absolute atomic E-state index is 0.0468. The third-order valence-electron chi connectivity index (χ3n) is 5.22. The smallest absolute Gasteiger partial charge is 0.240 e. The van der Waals surface area contributed by atoms with E-state index in [0.29, 0.717) is 28.2 Å². The second-order valence-corrected chi connectivity index (χ2v) is 9.12.